The van der Waals surface area contributed by atoms with Gasteiger partial charge in [0.25, 0.3) is 0 Å². The Kier molecular flexibility index (Phi) is 5.03. The van der Waals surface area contributed by atoms with Crippen molar-refractivity contribution in [2.75, 3.05) is 4.90 Å². The average Bonchev–Trinajstić information content (AvgIpc) is 3.78. The first kappa shape index (κ1) is 25.5. The van der Waals surface area contributed by atoms with Gasteiger partial charge in [-0.05, 0) is 82.9 Å². The first-order valence-electron chi connectivity index (χ1n) is 15.7. The van der Waals surface area contributed by atoms with E-state index in [1.165, 1.54) is 22.3 Å². The molecular weight excluding hydrogens is 564 g/mol. The van der Waals surface area contributed by atoms with Crippen molar-refractivity contribution in [2.24, 2.45) is 0 Å². The van der Waals surface area contributed by atoms with E-state index in [0.29, 0.717) is 5.89 Å². The minimum absolute atomic E-state index is 0.0798. The van der Waals surface area contributed by atoms with E-state index in [9.17, 15) is 0 Å². The van der Waals surface area contributed by atoms with Crippen molar-refractivity contribution >= 4 is 60.9 Å². The van der Waals surface area contributed by atoms with Gasteiger partial charge in [-0.2, -0.15) is 0 Å². The lowest BCUT2D eigenvalue weighted by Gasteiger charge is -2.28. The van der Waals surface area contributed by atoms with E-state index >= 15 is 0 Å². The number of hydrogen-bond donors (Lipinski definition) is 0. The Labute approximate surface area is 265 Å². The molecule has 0 aliphatic heterocycles. The third-order valence-electron chi connectivity index (χ3n) is 9.86. The SMILES string of the molecule is CC1(C)c2ccccc2-c2ccc(N(c3ccccc3)c3ccc(-c4nc5c6cccc7oc8cccc(c5o4)c8c76)cc3)cc21. The topological polar surface area (TPSA) is 42.4 Å². The average molecular weight is 593 g/mol. The summed E-state index contributed by atoms with van der Waals surface area (Å²) in [5, 5.41) is 4.28. The van der Waals surface area contributed by atoms with Crippen molar-refractivity contribution in [3.63, 3.8) is 0 Å². The highest BCUT2D eigenvalue weighted by atomic mass is 16.3. The molecule has 4 heteroatoms. The summed E-state index contributed by atoms with van der Waals surface area (Å²) < 4.78 is 12.7. The van der Waals surface area contributed by atoms with Crippen molar-refractivity contribution in [2.45, 2.75) is 19.3 Å². The zero-order valence-electron chi connectivity index (χ0n) is 25.4. The second kappa shape index (κ2) is 9.09. The van der Waals surface area contributed by atoms with Gasteiger partial charge in [0.15, 0.2) is 5.58 Å². The quantitative estimate of drug-likeness (QED) is 0.191. The maximum Gasteiger partial charge on any atom is 0.227 e. The zero-order chi connectivity index (χ0) is 30.6. The summed E-state index contributed by atoms with van der Waals surface area (Å²) in [6.45, 7) is 4.65. The van der Waals surface area contributed by atoms with E-state index in [1.807, 2.05) is 24.3 Å². The highest BCUT2D eigenvalue weighted by Gasteiger charge is 2.35. The molecule has 46 heavy (non-hydrogen) atoms. The van der Waals surface area contributed by atoms with Gasteiger partial charge in [0, 0.05) is 49.6 Å². The lowest BCUT2D eigenvalue weighted by Crippen LogP contribution is -2.16. The third kappa shape index (κ3) is 3.41. The molecule has 4 nitrogen and oxygen atoms in total. The van der Waals surface area contributed by atoms with Crippen LogP contribution in [0.4, 0.5) is 17.1 Å². The maximum absolute atomic E-state index is 6.55. The van der Waals surface area contributed by atoms with Crippen molar-refractivity contribution in [1.82, 2.24) is 4.98 Å². The van der Waals surface area contributed by atoms with Gasteiger partial charge >= 0.3 is 0 Å². The molecule has 0 saturated heterocycles. The molecule has 0 bridgehead atoms. The predicted octanol–water partition coefficient (Wildman–Crippen LogP) is 11.8. The summed E-state index contributed by atoms with van der Waals surface area (Å²) in [5.41, 5.74) is 12.9. The van der Waals surface area contributed by atoms with Crippen LogP contribution < -0.4 is 4.90 Å². The van der Waals surface area contributed by atoms with Gasteiger partial charge in [0.05, 0.1) is 0 Å². The third-order valence-corrected chi connectivity index (χ3v) is 9.86. The van der Waals surface area contributed by atoms with Gasteiger partial charge < -0.3 is 13.7 Å². The van der Waals surface area contributed by atoms with E-state index in [-0.39, 0.29) is 5.41 Å². The van der Waals surface area contributed by atoms with Gasteiger partial charge in [0.2, 0.25) is 5.89 Å². The number of benzene rings is 7. The van der Waals surface area contributed by atoms with E-state index in [0.717, 1.165) is 66.4 Å². The number of para-hydroxylation sites is 1. The molecule has 0 fully saturated rings. The van der Waals surface area contributed by atoms with Gasteiger partial charge in [0.1, 0.15) is 16.7 Å². The van der Waals surface area contributed by atoms with Crippen LogP contribution in [-0.2, 0) is 5.41 Å². The number of oxazole rings is 1. The van der Waals surface area contributed by atoms with Crippen LogP contribution >= 0.6 is 0 Å². The second-order valence-corrected chi connectivity index (χ2v) is 12.8. The smallest absolute Gasteiger partial charge is 0.227 e. The van der Waals surface area contributed by atoms with Crippen molar-refractivity contribution in [3.8, 4) is 22.6 Å². The molecule has 0 unspecified atom stereocenters. The number of nitrogens with zero attached hydrogens (tertiary/aromatic N) is 2. The van der Waals surface area contributed by atoms with E-state index < -0.39 is 0 Å². The fourth-order valence-corrected chi connectivity index (χ4v) is 7.67. The zero-order valence-corrected chi connectivity index (χ0v) is 25.4. The first-order chi connectivity index (χ1) is 22.6. The standard InChI is InChI=1S/C42H28N2O2/c1-42(2)33-15-7-6-12-29(33)30-23-22-28(24-34(30)42)44(26-10-4-3-5-11-26)27-20-18-25(19-21-27)41-43-39-31-13-8-16-35-37(31)38-32(40(39)46-41)14-9-17-36(38)45-35/h3-24H,1-2H3. The molecule has 2 aromatic heterocycles. The predicted molar refractivity (Wildman–Crippen MR) is 188 cm³/mol. The Balaban J connectivity index is 1.10. The Hall–Kier alpha value is -5.87. The van der Waals surface area contributed by atoms with Crippen molar-refractivity contribution < 1.29 is 8.83 Å². The van der Waals surface area contributed by atoms with Gasteiger partial charge in [-0.25, -0.2) is 4.98 Å². The lowest BCUT2D eigenvalue weighted by molar-refractivity contribution is 0.623. The molecule has 1 aliphatic carbocycles. The van der Waals surface area contributed by atoms with Crippen LogP contribution in [0.3, 0.4) is 0 Å². The Bertz CT molecular complexity index is 2530. The fraction of sp³-hybridized carbons (Fsp3) is 0.0714. The van der Waals surface area contributed by atoms with E-state index in [1.54, 1.807) is 0 Å². The molecule has 0 saturated carbocycles. The van der Waals surface area contributed by atoms with E-state index in [4.69, 9.17) is 13.8 Å². The summed E-state index contributed by atoms with van der Waals surface area (Å²) in [4.78, 5) is 7.38. The number of furan rings is 1. The molecular formula is C42H28N2O2. The maximum atomic E-state index is 6.55. The molecule has 0 amide bonds. The van der Waals surface area contributed by atoms with Crippen LogP contribution in [0.25, 0.3) is 66.4 Å². The highest BCUT2D eigenvalue weighted by Crippen LogP contribution is 2.51. The minimum Gasteiger partial charge on any atom is -0.456 e. The summed E-state index contributed by atoms with van der Waals surface area (Å²) in [6, 6.07) is 47.1. The Morgan fingerprint density at radius 2 is 1.20 bits per heavy atom. The largest absolute Gasteiger partial charge is 0.456 e. The number of rotatable bonds is 4. The Morgan fingerprint density at radius 1 is 0.543 bits per heavy atom. The minimum atomic E-state index is -0.0798. The number of aromatic nitrogens is 1. The molecule has 0 radical (unpaired) electrons. The molecule has 0 spiro atoms. The van der Waals surface area contributed by atoms with Crippen LogP contribution in [0.15, 0.2) is 142 Å². The molecule has 0 N–H and O–H groups in total. The fourth-order valence-electron chi connectivity index (χ4n) is 7.67. The number of fused-ring (bicyclic) bond motifs is 6. The normalized spacial score (nSPS) is 13.6. The van der Waals surface area contributed by atoms with Crippen LogP contribution in [0.1, 0.15) is 25.0 Å². The van der Waals surface area contributed by atoms with Gasteiger partial charge in [-0.3, -0.25) is 0 Å². The van der Waals surface area contributed by atoms with Crippen LogP contribution in [0, 0.1) is 0 Å². The van der Waals surface area contributed by atoms with Crippen LogP contribution in [0.5, 0.6) is 0 Å². The van der Waals surface area contributed by atoms with Crippen molar-refractivity contribution in [1.29, 1.82) is 0 Å². The molecule has 2 heterocycles. The van der Waals surface area contributed by atoms with Crippen molar-refractivity contribution in [3.05, 3.63) is 145 Å². The second-order valence-electron chi connectivity index (χ2n) is 12.8. The molecule has 1 aliphatic rings. The Morgan fingerprint density at radius 3 is 2.00 bits per heavy atom. The summed E-state index contributed by atoms with van der Waals surface area (Å²) in [6.07, 6.45) is 0. The van der Waals surface area contributed by atoms with Gasteiger partial charge in [-0.15, -0.1) is 0 Å². The summed E-state index contributed by atoms with van der Waals surface area (Å²) in [7, 11) is 0. The van der Waals surface area contributed by atoms with Crippen LogP contribution in [-0.4, -0.2) is 4.98 Å². The summed E-state index contributed by atoms with van der Waals surface area (Å²) >= 11 is 0. The van der Waals surface area contributed by atoms with Gasteiger partial charge in [-0.1, -0.05) is 86.6 Å². The number of anilines is 3. The monoisotopic (exact) mass is 592 g/mol. The lowest BCUT2D eigenvalue weighted by atomic mass is 9.82. The van der Waals surface area contributed by atoms with Crippen LogP contribution in [0.2, 0.25) is 0 Å². The molecule has 7 aromatic carbocycles. The molecule has 9 aromatic rings. The van der Waals surface area contributed by atoms with E-state index in [2.05, 4.69) is 128 Å². The molecule has 0 atom stereocenters. The summed E-state index contributed by atoms with van der Waals surface area (Å²) in [5.74, 6) is 0.607. The highest BCUT2D eigenvalue weighted by molar-refractivity contribution is 6.31. The number of hydrogen-bond acceptors (Lipinski definition) is 4. The molecule has 10 rings (SSSR count). The first-order valence-corrected chi connectivity index (χ1v) is 15.7. The molecule has 218 valence electrons.